The van der Waals surface area contributed by atoms with Gasteiger partial charge in [0.25, 0.3) is 0 Å². The summed E-state index contributed by atoms with van der Waals surface area (Å²) in [6.07, 6.45) is 1.95. The molecule has 1 amide bonds. The summed E-state index contributed by atoms with van der Waals surface area (Å²) in [5.41, 5.74) is 0. The highest BCUT2D eigenvalue weighted by Crippen LogP contribution is 2.18. The molecule has 0 aromatic carbocycles. The Labute approximate surface area is 89.4 Å². The molecule has 2 saturated heterocycles. The summed E-state index contributed by atoms with van der Waals surface area (Å²) in [6, 6.07) is 0.133. The number of rotatable bonds is 2. The van der Waals surface area contributed by atoms with Crippen LogP contribution in [0.3, 0.4) is 0 Å². The van der Waals surface area contributed by atoms with Crippen molar-refractivity contribution in [3.8, 4) is 0 Å². The number of aliphatic hydroxyl groups excluding tert-OH is 1. The molecule has 0 aromatic heterocycles. The van der Waals surface area contributed by atoms with Crippen molar-refractivity contribution in [2.45, 2.75) is 24.9 Å². The summed E-state index contributed by atoms with van der Waals surface area (Å²) < 4.78 is 5.14. The number of hydrogen-bond acceptors (Lipinski definition) is 4. The van der Waals surface area contributed by atoms with Gasteiger partial charge in [0.05, 0.1) is 19.3 Å². The van der Waals surface area contributed by atoms with E-state index in [-0.39, 0.29) is 31.2 Å². The molecule has 5 heteroatoms. The van der Waals surface area contributed by atoms with E-state index >= 15 is 0 Å². The summed E-state index contributed by atoms with van der Waals surface area (Å²) in [5.74, 6) is 0.0206. The Morgan fingerprint density at radius 3 is 2.87 bits per heavy atom. The maximum atomic E-state index is 11.7. The highest BCUT2D eigenvalue weighted by Gasteiger charge is 2.34. The molecule has 0 bridgehead atoms. The van der Waals surface area contributed by atoms with Crippen LogP contribution >= 0.6 is 0 Å². The predicted molar refractivity (Wildman–Crippen MR) is 54.4 cm³/mol. The number of nitrogens with one attached hydrogen (secondary N) is 1. The highest BCUT2D eigenvalue weighted by molar-refractivity contribution is 5.78. The monoisotopic (exact) mass is 214 g/mol. The second-order valence-electron chi connectivity index (χ2n) is 4.13. The van der Waals surface area contributed by atoms with Crippen LogP contribution in [0.25, 0.3) is 0 Å². The van der Waals surface area contributed by atoms with E-state index in [9.17, 15) is 9.90 Å². The van der Waals surface area contributed by atoms with Crippen LogP contribution in [0, 0.1) is 0 Å². The van der Waals surface area contributed by atoms with Gasteiger partial charge >= 0.3 is 0 Å². The van der Waals surface area contributed by atoms with Crippen LogP contribution < -0.4 is 5.32 Å². The van der Waals surface area contributed by atoms with Gasteiger partial charge in [0.15, 0.2) is 0 Å². The number of piperidine rings is 1. The van der Waals surface area contributed by atoms with E-state index in [1.54, 1.807) is 0 Å². The number of amides is 1. The number of carbonyl (C=O) groups excluding carboxylic acids is 1. The lowest BCUT2D eigenvalue weighted by atomic mass is 10.0. The quantitative estimate of drug-likeness (QED) is 0.616. The highest BCUT2D eigenvalue weighted by atomic mass is 16.5. The standard InChI is InChI=1S/C10H18N2O3/c13-5-9-6-15-7-10(14)12(9)8-1-3-11-4-2-8/h8-9,11,13H,1-7H2. The minimum Gasteiger partial charge on any atom is -0.394 e. The average molecular weight is 214 g/mol. The molecule has 0 saturated carbocycles. The van der Waals surface area contributed by atoms with Crippen molar-refractivity contribution >= 4 is 5.91 Å². The largest absolute Gasteiger partial charge is 0.394 e. The molecule has 0 spiro atoms. The zero-order chi connectivity index (χ0) is 10.7. The molecular formula is C10H18N2O3. The number of morpholine rings is 1. The lowest BCUT2D eigenvalue weighted by Gasteiger charge is -2.41. The van der Waals surface area contributed by atoms with Crippen molar-refractivity contribution < 1.29 is 14.6 Å². The molecule has 1 atom stereocenters. The van der Waals surface area contributed by atoms with Crippen molar-refractivity contribution in [1.82, 2.24) is 10.2 Å². The Balaban J connectivity index is 2.03. The third-order valence-electron chi connectivity index (χ3n) is 3.13. The van der Waals surface area contributed by atoms with Crippen molar-refractivity contribution in [1.29, 1.82) is 0 Å². The third-order valence-corrected chi connectivity index (χ3v) is 3.13. The first-order valence-corrected chi connectivity index (χ1v) is 5.53. The third kappa shape index (κ3) is 2.30. The van der Waals surface area contributed by atoms with Gasteiger partial charge in [-0.25, -0.2) is 0 Å². The Hall–Kier alpha value is -0.650. The summed E-state index contributed by atoms with van der Waals surface area (Å²) >= 11 is 0. The van der Waals surface area contributed by atoms with Crippen LogP contribution in [0.5, 0.6) is 0 Å². The van der Waals surface area contributed by atoms with Gasteiger partial charge in [-0.2, -0.15) is 0 Å². The SMILES string of the molecule is O=C1COCC(CO)N1C1CCNCC1. The van der Waals surface area contributed by atoms with Crippen LogP contribution in [0.4, 0.5) is 0 Å². The van der Waals surface area contributed by atoms with Gasteiger partial charge < -0.3 is 20.1 Å². The van der Waals surface area contributed by atoms with Crippen molar-refractivity contribution in [3.05, 3.63) is 0 Å². The predicted octanol–water partition coefficient (Wildman–Crippen LogP) is -1.04. The maximum absolute atomic E-state index is 11.7. The minimum atomic E-state index is -0.144. The molecule has 0 aromatic rings. The summed E-state index contributed by atoms with van der Waals surface area (Å²) in [4.78, 5) is 13.6. The van der Waals surface area contributed by atoms with E-state index in [1.165, 1.54) is 0 Å². The number of carbonyl (C=O) groups is 1. The van der Waals surface area contributed by atoms with Gasteiger partial charge in [-0.05, 0) is 25.9 Å². The van der Waals surface area contributed by atoms with E-state index in [1.807, 2.05) is 4.90 Å². The fraction of sp³-hybridized carbons (Fsp3) is 0.900. The van der Waals surface area contributed by atoms with Gasteiger partial charge in [0.1, 0.15) is 6.61 Å². The van der Waals surface area contributed by atoms with Crippen LogP contribution in [0.1, 0.15) is 12.8 Å². The Bertz CT molecular complexity index is 229. The van der Waals surface area contributed by atoms with Crippen LogP contribution in [-0.4, -0.2) is 60.9 Å². The summed E-state index contributed by atoms with van der Waals surface area (Å²) in [6.45, 7) is 2.53. The molecule has 2 aliphatic heterocycles. The van der Waals surface area contributed by atoms with Gasteiger partial charge in [-0.1, -0.05) is 0 Å². The Morgan fingerprint density at radius 1 is 1.47 bits per heavy atom. The van der Waals surface area contributed by atoms with Gasteiger partial charge in [0, 0.05) is 6.04 Å². The molecular weight excluding hydrogens is 196 g/mol. The fourth-order valence-electron chi connectivity index (χ4n) is 2.37. The second-order valence-corrected chi connectivity index (χ2v) is 4.13. The molecule has 15 heavy (non-hydrogen) atoms. The Morgan fingerprint density at radius 2 is 2.20 bits per heavy atom. The average Bonchev–Trinajstić information content (AvgIpc) is 2.29. The fourth-order valence-corrected chi connectivity index (χ4v) is 2.37. The molecule has 2 N–H and O–H groups in total. The first kappa shape index (κ1) is 10.9. The van der Waals surface area contributed by atoms with Crippen LogP contribution in [-0.2, 0) is 9.53 Å². The zero-order valence-corrected chi connectivity index (χ0v) is 8.82. The molecule has 0 aliphatic carbocycles. The Kier molecular flexibility index (Phi) is 3.56. The van der Waals surface area contributed by atoms with E-state index in [0.29, 0.717) is 6.61 Å². The first-order valence-electron chi connectivity index (χ1n) is 5.53. The van der Waals surface area contributed by atoms with Crippen LogP contribution in [0.2, 0.25) is 0 Å². The number of nitrogens with zero attached hydrogens (tertiary/aromatic N) is 1. The van der Waals surface area contributed by atoms with E-state index in [2.05, 4.69) is 5.32 Å². The summed E-state index contributed by atoms with van der Waals surface area (Å²) in [7, 11) is 0. The van der Waals surface area contributed by atoms with Gasteiger partial charge in [-0.3, -0.25) is 4.79 Å². The lowest BCUT2D eigenvalue weighted by Crippen LogP contribution is -2.57. The number of hydrogen-bond donors (Lipinski definition) is 2. The molecule has 0 radical (unpaired) electrons. The number of aliphatic hydroxyl groups is 1. The topological polar surface area (TPSA) is 61.8 Å². The molecule has 2 rings (SSSR count). The van der Waals surface area contributed by atoms with Crippen molar-refractivity contribution in [2.24, 2.45) is 0 Å². The smallest absolute Gasteiger partial charge is 0.249 e. The maximum Gasteiger partial charge on any atom is 0.249 e. The first-order chi connectivity index (χ1) is 7.33. The molecule has 5 nitrogen and oxygen atoms in total. The van der Waals surface area contributed by atoms with E-state index < -0.39 is 0 Å². The summed E-state index contributed by atoms with van der Waals surface area (Å²) in [5, 5.41) is 12.5. The molecule has 2 fully saturated rings. The van der Waals surface area contributed by atoms with E-state index in [0.717, 1.165) is 25.9 Å². The van der Waals surface area contributed by atoms with Crippen molar-refractivity contribution in [2.75, 3.05) is 32.9 Å². The zero-order valence-electron chi connectivity index (χ0n) is 8.82. The molecule has 2 heterocycles. The number of ether oxygens (including phenoxy) is 1. The minimum absolute atomic E-state index is 0.00430. The molecule has 2 aliphatic rings. The van der Waals surface area contributed by atoms with Gasteiger partial charge in [0.2, 0.25) is 5.91 Å². The lowest BCUT2D eigenvalue weighted by molar-refractivity contribution is -0.154. The second kappa shape index (κ2) is 4.92. The molecule has 86 valence electrons. The van der Waals surface area contributed by atoms with Crippen molar-refractivity contribution in [3.63, 3.8) is 0 Å². The van der Waals surface area contributed by atoms with Crippen LogP contribution in [0.15, 0.2) is 0 Å². The van der Waals surface area contributed by atoms with Gasteiger partial charge in [-0.15, -0.1) is 0 Å². The normalized spacial score (nSPS) is 29.5. The molecule has 1 unspecified atom stereocenters. The van der Waals surface area contributed by atoms with E-state index in [4.69, 9.17) is 4.74 Å².